The lowest BCUT2D eigenvalue weighted by molar-refractivity contribution is -0.265. The Bertz CT molecular complexity index is 1240. The lowest BCUT2D eigenvalue weighted by Crippen LogP contribution is -2.79. The van der Waals surface area contributed by atoms with Crippen LogP contribution in [0.3, 0.4) is 0 Å². The third-order valence-electron chi connectivity index (χ3n) is 9.08. The summed E-state index contributed by atoms with van der Waals surface area (Å²) in [5.41, 5.74) is 1.34. The molecule has 7 N–H and O–H groups in total. The first kappa shape index (κ1) is 27.3. The number of hydrogen-bond donors (Lipinski definition) is 6. The smallest absolute Gasteiger partial charge is 0.230 e. The molecule has 0 saturated heterocycles. The number of aliphatic hydroxyl groups excluding tert-OH is 3. The number of fused-ring (bicyclic) bond motifs is 3. The number of rotatable bonds is 2. The number of phenolic OH excluding ortho intramolecular Hbond substituents is 1. The molecule has 3 aliphatic rings. The maximum atomic E-state index is 13.9. The van der Waals surface area contributed by atoms with Crippen molar-refractivity contribution in [1.82, 2.24) is 0 Å². The predicted octanol–water partition coefficient (Wildman–Crippen LogP) is 0.305. The van der Waals surface area contributed by atoms with Crippen LogP contribution in [-0.2, 0) is 16.0 Å². The van der Waals surface area contributed by atoms with Crippen LogP contribution in [0.2, 0.25) is 0 Å². The number of ketones is 2. The fraction of sp³-hybridized carbons (Fsp3) is 0.607. The topological polar surface area (TPSA) is 178 Å². The molecule has 1 aromatic rings. The molecule has 1 amide bonds. The summed E-state index contributed by atoms with van der Waals surface area (Å²) in [6.07, 6.45) is -4.09. The van der Waals surface area contributed by atoms with E-state index >= 15 is 0 Å². The van der Waals surface area contributed by atoms with Crippen molar-refractivity contribution < 1.29 is 39.9 Å². The van der Waals surface area contributed by atoms with Crippen LogP contribution < -0.4 is 5.73 Å². The summed E-state index contributed by atoms with van der Waals surface area (Å²) in [5.74, 6) is -1.84. The summed E-state index contributed by atoms with van der Waals surface area (Å²) >= 11 is 0. The fourth-order valence-corrected chi connectivity index (χ4v) is 7.83. The fourth-order valence-electron chi connectivity index (χ4n) is 7.83. The van der Waals surface area contributed by atoms with Crippen molar-refractivity contribution in [3.63, 3.8) is 0 Å². The predicted molar refractivity (Wildman–Crippen MR) is 132 cm³/mol. The number of nitrogens with two attached hydrogens (primary N) is 1. The van der Waals surface area contributed by atoms with Crippen LogP contribution in [-0.4, -0.2) is 66.9 Å². The van der Waals surface area contributed by atoms with Gasteiger partial charge in [-0.15, -0.1) is 0 Å². The van der Waals surface area contributed by atoms with Gasteiger partial charge in [-0.3, -0.25) is 14.4 Å². The maximum Gasteiger partial charge on any atom is 0.230 e. The zero-order valence-corrected chi connectivity index (χ0v) is 21.6. The van der Waals surface area contributed by atoms with E-state index in [0.29, 0.717) is 11.1 Å². The van der Waals surface area contributed by atoms with E-state index in [1.54, 1.807) is 33.8 Å². The van der Waals surface area contributed by atoms with Crippen molar-refractivity contribution in [1.29, 1.82) is 0 Å². The number of carbonyl (C=O) groups is 3. The van der Waals surface area contributed by atoms with Crippen molar-refractivity contribution in [2.75, 3.05) is 0 Å². The standard InChI is InChI=1S/C28H35NO8/c1-12(2)19-22(33)18(25(29)36)23(34)28(37)24(35)20-21(32)17-15(10-26(20,4)11-27(19,28)5)14(7-6-13(3)30)8-9-16(17)31/h8-9,12-13,18-20,22,24,30-31,33,35,37H,10-11H2,1-5H3,(H2,29,36)/t13?,18-,19+,20-,22?,24?,26-,27-,28+/m1/s1. The van der Waals surface area contributed by atoms with E-state index < -0.39 is 70.0 Å². The minimum atomic E-state index is -2.54. The van der Waals surface area contributed by atoms with Crippen LogP contribution in [0, 0.1) is 46.3 Å². The largest absolute Gasteiger partial charge is 0.507 e. The second-order valence-corrected chi connectivity index (χ2v) is 11.9. The van der Waals surface area contributed by atoms with E-state index in [4.69, 9.17) is 5.73 Å². The molecule has 3 aliphatic carbocycles. The number of amides is 1. The molecule has 0 aromatic heterocycles. The zero-order chi connectivity index (χ0) is 27.8. The Balaban J connectivity index is 1.96. The van der Waals surface area contributed by atoms with Crippen molar-refractivity contribution in [3.8, 4) is 17.6 Å². The van der Waals surface area contributed by atoms with Gasteiger partial charge >= 0.3 is 0 Å². The number of aromatic hydroxyl groups is 1. The molecule has 0 spiro atoms. The van der Waals surface area contributed by atoms with Gasteiger partial charge in [0.2, 0.25) is 5.91 Å². The molecule has 0 heterocycles. The van der Waals surface area contributed by atoms with Gasteiger partial charge in [-0.1, -0.05) is 39.5 Å². The van der Waals surface area contributed by atoms with E-state index in [2.05, 4.69) is 11.8 Å². The molecule has 0 radical (unpaired) electrons. The molecule has 2 fully saturated rings. The minimum Gasteiger partial charge on any atom is -0.507 e. The van der Waals surface area contributed by atoms with E-state index in [1.807, 2.05) is 0 Å². The Hall–Kier alpha value is -2.77. The first-order valence-electron chi connectivity index (χ1n) is 12.5. The second kappa shape index (κ2) is 8.63. The molecular formula is C28H35NO8. The van der Waals surface area contributed by atoms with Gasteiger partial charge in [0.25, 0.3) is 0 Å². The minimum absolute atomic E-state index is 0.0544. The van der Waals surface area contributed by atoms with Gasteiger partial charge in [0, 0.05) is 11.0 Å². The van der Waals surface area contributed by atoms with Gasteiger partial charge in [0.05, 0.1) is 17.6 Å². The summed E-state index contributed by atoms with van der Waals surface area (Å²) in [6, 6.07) is 2.86. The van der Waals surface area contributed by atoms with Crippen molar-refractivity contribution in [2.24, 2.45) is 40.2 Å². The molecule has 3 unspecified atom stereocenters. The number of primary amides is 1. The Morgan fingerprint density at radius 3 is 2.32 bits per heavy atom. The highest BCUT2D eigenvalue weighted by atomic mass is 16.4. The number of benzene rings is 1. The highest BCUT2D eigenvalue weighted by molar-refractivity contribution is 6.09. The lowest BCUT2D eigenvalue weighted by Gasteiger charge is -2.66. The van der Waals surface area contributed by atoms with E-state index in [9.17, 15) is 39.9 Å². The number of Topliss-reactive ketones (excluding diaryl/α,β-unsaturated/α-hetero) is 2. The first-order chi connectivity index (χ1) is 17.0. The molecule has 9 nitrogen and oxygen atoms in total. The lowest BCUT2D eigenvalue weighted by atomic mass is 9.39. The first-order valence-corrected chi connectivity index (χ1v) is 12.5. The Morgan fingerprint density at radius 2 is 1.78 bits per heavy atom. The SMILES string of the molecule is CC(O)C#Cc1ccc(O)c2c1C[C@]1(C)C[C@]3(C)[C@@H](C(C)C)C(O)[C@@H](C(N)=O)C(=O)[C@]3(O)C(O)[C@H]1C2=O. The van der Waals surface area contributed by atoms with Crippen molar-refractivity contribution >= 4 is 17.5 Å². The van der Waals surface area contributed by atoms with Gasteiger partial charge in [-0.2, -0.15) is 0 Å². The molecule has 4 rings (SSSR count). The number of phenols is 1. The number of aliphatic hydroxyl groups is 4. The van der Waals surface area contributed by atoms with E-state index in [1.165, 1.54) is 13.0 Å². The van der Waals surface area contributed by atoms with Gasteiger partial charge in [-0.05, 0) is 54.7 Å². The molecule has 200 valence electrons. The molecule has 9 heteroatoms. The molecule has 2 saturated carbocycles. The summed E-state index contributed by atoms with van der Waals surface area (Å²) in [4.78, 5) is 39.8. The monoisotopic (exact) mass is 513 g/mol. The second-order valence-electron chi connectivity index (χ2n) is 11.9. The molecule has 9 atom stereocenters. The van der Waals surface area contributed by atoms with Crippen LogP contribution in [0.25, 0.3) is 0 Å². The van der Waals surface area contributed by atoms with Crippen LogP contribution in [0.4, 0.5) is 0 Å². The van der Waals surface area contributed by atoms with E-state index in [0.717, 1.165) is 0 Å². The molecule has 37 heavy (non-hydrogen) atoms. The average molecular weight is 514 g/mol. The van der Waals surface area contributed by atoms with Gasteiger partial charge in [-0.25, -0.2) is 0 Å². The zero-order valence-electron chi connectivity index (χ0n) is 21.6. The Morgan fingerprint density at radius 1 is 1.16 bits per heavy atom. The summed E-state index contributed by atoms with van der Waals surface area (Å²) in [5, 5.41) is 55.2. The van der Waals surface area contributed by atoms with Crippen molar-refractivity contribution in [2.45, 2.75) is 71.4 Å². The van der Waals surface area contributed by atoms with E-state index in [-0.39, 0.29) is 30.1 Å². The summed E-state index contributed by atoms with van der Waals surface area (Å²) in [7, 11) is 0. The normalized spacial score (nSPS) is 39.7. The quantitative estimate of drug-likeness (QED) is 0.241. The van der Waals surface area contributed by atoms with Crippen molar-refractivity contribution in [3.05, 3.63) is 28.8 Å². The molecule has 1 aromatic carbocycles. The van der Waals surface area contributed by atoms with Crippen LogP contribution in [0.5, 0.6) is 5.75 Å². The maximum absolute atomic E-state index is 13.9. The average Bonchev–Trinajstić information content (AvgIpc) is 2.75. The van der Waals surface area contributed by atoms with Gasteiger partial charge in [0.15, 0.2) is 17.2 Å². The van der Waals surface area contributed by atoms with Crippen LogP contribution in [0.1, 0.15) is 62.5 Å². The molecular weight excluding hydrogens is 478 g/mol. The highest BCUT2D eigenvalue weighted by Gasteiger charge is 2.75. The summed E-state index contributed by atoms with van der Waals surface area (Å²) in [6.45, 7) is 8.46. The Kier molecular flexibility index (Phi) is 6.36. The highest BCUT2D eigenvalue weighted by Crippen LogP contribution is 2.65. The third-order valence-corrected chi connectivity index (χ3v) is 9.08. The molecule has 0 aliphatic heterocycles. The van der Waals surface area contributed by atoms with Crippen LogP contribution >= 0.6 is 0 Å². The molecule has 0 bridgehead atoms. The third kappa shape index (κ3) is 3.57. The van der Waals surface area contributed by atoms with Gasteiger partial charge in [0.1, 0.15) is 23.9 Å². The van der Waals surface area contributed by atoms with Crippen LogP contribution in [0.15, 0.2) is 12.1 Å². The van der Waals surface area contributed by atoms with Gasteiger partial charge < -0.3 is 31.3 Å². The summed E-state index contributed by atoms with van der Waals surface area (Å²) < 4.78 is 0. The number of hydrogen-bond acceptors (Lipinski definition) is 8. The Labute approximate surface area is 215 Å². The number of carbonyl (C=O) groups excluding carboxylic acids is 3.